The molecule has 2 aromatic heterocycles. The number of rotatable bonds is 2. The minimum absolute atomic E-state index is 0.961. The SMILES string of the molecule is CCCc1nccc(C)n1.c1ccsc1. The van der Waals surface area contributed by atoms with Crippen molar-refractivity contribution in [3.05, 3.63) is 46.7 Å². The lowest BCUT2D eigenvalue weighted by Gasteiger charge is -1.95. The van der Waals surface area contributed by atoms with E-state index in [0.29, 0.717) is 0 Å². The smallest absolute Gasteiger partial charge is 0.128 e. The monoisotopic (exact) mass is 220 g/mol. The number of nitrogens with zero attached hydrogens (tertiary/aromatic N) is 2. The molecular formula is C12H16N2S. The van der Waals surface area contributed by atoms with Crippen molar-refractivity contribution in [3.8, 4) is 0 Å². The summed E-state index contributed by atoms with van der Waals surface area (Å²) in [6.07, 6.45) is 3.92. The standard InChI is InChI=1S/C8H12N2.C4H4S/c1-3-4-8-9-6-5-7(2)10-8;1-2-4-5-3-1/h5-6H,3-4H2,1-2H3;1-4H. The summed E-state index contributed by atoms with van der Waals surface area (Å²) in [4.78, 5) is 8.37. The Hall–Kier alpha value is -1.22. The van der Waals surface area contributed by atoms with Crippen molar-refractivity contribution in [3.63, 3.8) is 0 Å². The highest BCUT2D eigenvalue weighted by molar-refractivity contribution is 7.07. The molecule has 2 heterocycles. The number of hydrogen-bond donors (Lipinski definition) is 0. The summed E-state index contributed by atoms with van der Waals surface area (Å²) in [6, 6.07) is 5.95. The van der Waals surface area contributed by atoms with Crippen molar-refractivity contribution >= 4 is 11.3 Å². The van der Waals surface area contributed by atoms with Crippen molar-refractivity contribution in [2.24, 2.45) is 0 Å². The summed E-state index contributed by atoms with van der Waals surface area (Å²) < 4.78 is 0. The fourth-order valence-electron chi connectivity index (χ4n) is 1.07. The highest BCUT2D eigenvalue weighted by Gasteiger charge is 1.92. The summed E-state index contributed by atoms with van der Waals surface area (Å²) in [6.45, 7) is 4.12. The summed E-state index contributed by atoms with van der Waals surface area (Å²) in [7, 11) is 0. The predicted octanol–water partition coefficient (Wildman–Crippen LogP) is 3.49. The highest BCUT2D eigenvalue weighted by atomic mass is 32.1. The first kappa shape index (κ1) is 11.9. The van der Waals surface area contributed by atoms with E-state index in [2.05, 4.69) is 16.9 Å². The van der Waals surface area contributed by atoms with Gasteiger partial charge in [-0.3, -0.25) is 0 Å². The molecule has 0 spiro atoms. The van der Waals surface area contributed by atoms with Crippen LogP contribution in [-0.4, -0.2) is 9.97 Å². The van der Waals surface area contributed by atoms with Gasteiger partial charge in [0, 0.05) is 18.3 Å². The Kier molecular flexibility index (Phi) is 5.63. The summed E-state index contributed by atoms with van der Waals surface area (Å²) >= 11 is 1.71. The van der Waals surface area contributed by atoms with Crippen LogP contribution in [0.25, 0.3) is 0 Å². The van der Waals surface area contributed by atoms with E-state index in [4.69, 9.17) is 0 Å². The topological polar surface area (TPSA) is 25.8 Å². The molecule has 0 unspecified atom stereocenters. The molecule has 0 bridgehead atoms. The van der Waals surface area contributed by atoms with Crippen LogP contribution in [0, 0.1) is 6.92 Å². The zero-order chi connectivity index (χ0) is 10.9. The van der Waals surface area contributed by atoms with Gasteiger partial charge in [-0.05, 0) is 30.2 Å². The van der Waals surface area contributed by atoms with Crippen molar-refractivity contribution in [2.75, 3.05) is 0 Å². The summed E-state index contributed by atoms with van der Waals surface area (Å²) in [5, 5.41) is 4.08. The maximum Gasteiger partial charge on any atom is 0.128 e. The Morgan fingerprint density at radius 2 is 2.00 bits per heavy atom. The predicted molar refractivity (Wildman–Crippen MR) is 65.1 cm³/mol. The molecule has 0 fully saturated rings. The lowest BCUT2D eigenvalue weighted by molar-refractivity contribution is 0.825. The average molecular weight is 220 g/mol. The first-order chi connectivity index (χ1) is 7.33. The molecule has 0 N–H and O–H groups in total. The molecule has 2 rings (SSSR count). The molecule has 0 saturated carbocycles. The van der Waals surface area contributed by atoms with Gasteiger partial charge >= 0.3 is 0 Å². The molecule has 0 aliphatic carbocycles. The first-order valence-electron chi connectivity index (χ1n) is 5.08. The van der Waals surface area contributed by atoms with E-state index >= 15 is 0 Å². The molecule has 0 radical (unpaired) electrons. The summed E-state index contributed by atoms with van der Waals surface area (Å²) in [5.41, 5.74) is 1.05. The minimum Gasteiger partial charge on any atom is -0.241 e. The van der Waals surface area contributed by atoms with Crippen LogP contribution in [0.5, 0.6) is 0 Å². The van der Waals surface area contributed by atoms with Gasteiger partial charge in [0.2, 0.25) is 0 Å². The zero-order valence-corrected chi connectivity index (χ0v) is 10.00. The zero-order valence-electron chi connectivity index (χ0n) is 9.18. The molecule has 2 aromatic rings. The maximum atomic E-state index is 4.25. The Morgan fingerprint density at radius 3 is 2.47 bits per heavy atom. The molecule has 15 heavy (non-hydrogen) atoms. The number of aryl methyl sites for hydroxylation is 2. The molecule has 2 nitrogen and oxygen atoms in total. The molecule has 3 heteroatoms. The summed E-state index contributed by atoms with van der Waals surface area (Å²) in [5.74, 6) is 0.961. The van der Waals surface area contributed by atoms with E-state index in [0.717, 1.165) is 24.4 Å². The molecule has 0 atom stereocenters. The van der Waals surface area contributed by atoms with Crippen molar-refractivity contribution < 1.29 is 0 Å². The fourth-order valence-corrected chi connectivity index (χ4v) is 1.53. The van der Waals surface area contributed by atoms with E-state index in [1.54, 1.807) is 11.3 Å². The Morgan fingerprint density at radius 1 is 1.27 bits per heavy atom. The van der Waals surface area contributed by atoms with Crippen LogP contribution in [0.4, 0.5) is 0 Å². The molecule has 0 aliphatic heterocycles. The van der Waals surface area contributed by atoms with E-state index in [9.17, 15) is 0 Å². The van der Waals surface area contributed by atoms with Crippen LogP contribution in [0.1, 0.15) is 24.9 Å². The van der Waals surface area contributed by atoms with Gasteiger partial charge in [-0.15, -0.1) is 0 Å². The third-order valence-electron chi connectivity index (χ3n) is 1.74. The minimum atomic E-state index is 0.961. The van der Waals surface area contributed by atoms with Gasteiger partial charge in [0.05, 0.1) is 0 Å². The van der Waals surface area contributed by atoms with Gasteiger partial charge in [0.15, 0.2) is 0 Å². The number of aromatic nitrogens is 2. The largest absolute Gasteiger partial charge is 0.241 e. The van der Waals surface area contributed by atoms with Gasteiger partial charge in [-0.25, -0.2) is 9.97 Å². The van der Waals surface area contributed by atoms with Crippen LogP contribution in [0.15, 0.2) is 35.2 Å². The molecule has 0 aromatic carbocycles. The molecule has 0 aliphatic rings. The van der Waals surface area contributed by atoms with E-state index < -0.39 is 0 Å². The van der Waals surface area contributed by atoms with Gasteiger partial charge in [0.1, 0.15) is 5.82 Å². The van der Waals surface area contributed by atoms with Crippen molar-refractivity contribution in [1.29, 1.82) is 0 Å². The fraction of sp³-hybridized carbons (Fsp3) is 0.333. The number of hydrogen-bond acceptors (Lipinski definition) is 3. The first-order valence-corrected chi connectivity index (χ1v) is 6.03. The van der Waals surface area contributed by atoms with Crippen molar-refractivity contribution in [1.82, 2.24) is 9.97 Å². The van der Waals surface area contributed by atoms with Gasteiger partial charge in [-0.1, -0.05) is 19.1 Å². The Balaban J connectivity index is 0.000000187. The van der Waals surface area contributed by atoms with Crippen LogP contribution >= 0.6 is 11.3 Å². The molecule has 80 valence electrons. The maximum absolute atomic E-state index is 4.25. The van der Waals surface area contributed by atoms with Crippen LogP contribution in [0.2, 0.25) is 0 Å². The van der Waals surface area contributed by atoms with Crippen molar-refractivity contribution in [2.45, 2.75) is 26.7 Å². The third-order valence-corrected chi connectivity index (χ3v) is 2.37. The second kappa shape index (κ2) is 7.12. The van der Waals surface area contributed by atoms with Crippen LogP contribution in [-0.2, 0) is 6.42 Å². The van der Waals surface area contributed by atoms with Crippen LogP contribution < -0.4 is 0 Å². The quantitative estimate of drug-likeness (QED) is 0.774. The number of thiophene rings is 1. The second-order valence-electron chi connectivity index (χ2n) is 3.16. The molecule has 0 amide bonds. The third kappa shape index (κ3) is 5.27. The van der Waals surface area contributed by atoms with Crippen LogP contribution in [0.3, 0.4) is 0 Å². The Labute approximate surface area is 95.0 Å². The Bertz CT molecular complexity index is 340. The lowest BCUT2D eigenvalue weighted by Crippen LogP contribution is -1.94. The van der Waals surface area contributed by atoms with Gasteiger partial charge in [-0.2, -0.15) is 11.3 Å². The van der Waals surface area contributed by atoms with E-state index in [1.807, 2.05) is 42.1 Å². The van der Waals surface area contributed by atoms with Gasteiger partial charge in [0.25, 0.3) is 0 Å². The normalized spacial score (nSPS) is 9.20. The van der Waals surface area contributed by atoms with E-state index in [1.165, 1.54) is 0 Å². The lowest BCUT2D eigenvalue weighted by atomic mass is 10.3. The highest BCUT2D eigenvalue weighted by Crippen LogP contribution is 1.95. The van der Waals surface area contributed by atoms with Gasteiger partial charge < -0.3 is 0 Å². The molecule has 0 saturated heterocycles. The molecular weight excluding hydrogens is 204 g/mol. The second-order valence-corrected chi connectivity index (χ2v) is 3.97. The average Bonchev–Trinajstić information content (AvgIpc) is 2.76. The van der Waals surface area contributed by atoms with E-state index in [-0.39, 0.29) is 0 Å².